The van der Waals surface area contributed by atoms with Crippen LogP contribution in [0.25, 0.3) is 0 Å². The van der Waals surface area contributed by atoms with Gasteiger partial charge in [-0.1, -0.05) is 11.6 Å². The van der Waals surface area contributed by atoms with Crippen LogP contribution in [0.2, 0.25) is 5.02 Å². The lowest BCUT2D eigenvalue weighted by molar-refractivity contribution is -0.125. The fourth-order valence-electron chi connectivity index (χ4n) is 3.25. The minimum Gasteiger partial charge on any atom is -0.370 e. The Balaban J connectivity index is 1.70. The maximum absolute atomic E-state index is 13.0. The molecule has 2 aromatic carbocycles. The van der Waals surface area contributed by atoms with Crippen molar-refractivity contribution in [3.05, 3.63) is 53.6 Å². The minimum atomic E-state index is -3.65. The number of amides is 4. The van der Waals surface area contributed by atoms with Gasteiger partial charge in [0, 0.05) is 42.8 Å². The highest BCUT2D eigenvalue weighted by molar-refractivity contribution is 7.53. The highest BCUT2D eigenvalue weighted by Crippen LogP contribution is 2.46. The van der Waals surface area contributed by atoms with Gasteiger partial charge in [0.25, 0.3) is 5.91 Å². The molecule has 1 saturated heterocycles. The Labute approximate surface area is 207 Å². The lowest BCUT2D eigenvalue weighted by Crippen LogP contribution is -2.47. The number of ether oxygens (including phenoxy) is 1. The third-order valence-electron chi connectivity index (χ3n) is 5.12. The number of urea groups is 1. The Morgan fingerprint density at radius 3 is 2.26 bits per heavy atom. The molecule has 188 valence electrons. The molecule has 0 radical (unpaired) electrons. The zero-order chi connectivity index (χ0) is 25.4. The zero-order valence-corrected chi connectivity index (χ0v) is 20.8. The number of hydrogen-bond acceptors (Lipinski definition) is 7. The van der Waals surface area contributed by atoms with E-state index in [9.17, 15) is 18.9 Å². The molecular weight excluding hydrogens is 499 g/mol. The number of rotatable bonds is 9. The molecule has 0 aromatic heterocycles. The summed E-state index contributed by atoms with van der Waals surface area (Å²) in [5, 5.41) is 8.25. The van der Waals surface area contributed by atoms with Crippen LogP contribution in [0.3, 0.4) is 0 Å². The lowest BCUT2D eigenvalue weighted by atomic mass is 10.2. The molecule has 1 atom stereocenters. The number of anilines is 3. The Morgan fingerprint density at radius 2 is 1.66 bits per heavy atom. The van der Waals surface area contributed by atoms with Crippen LogP contribution in [0.1, 0.15) is 0 Å². The van der Waals surface area contributed by atoms with Crippen molar-refractivity contribution >= 4 is 54.1 Å². The van der Waals surface area contributed by atoms with Gasteiger partial charge in [-0.2, -0.15) is 0 Å². The van der Waals surface area contributed by atoms with Gasteiger partial charge in [-0.25, -0.2) is 4.79 Å². The first kappa shape index (κ1) is 26.7. The largest absolute Gasteiger partial charge is 0.370 e. The molecule has 2 aromatic rings. The second-order valence-corrected chi connectivity index (χ2v) is 10.2. The summed E-state index contributed by atoms with van der Waals surface area (Å²) >= 11 is 5.85. The van der Waals surface area contributed by atoms with Gasteiger partial charge in [-0.05, 0) is 48.5 Å². The molecule has 3 rings (SSSR count). The number of nitrogens with zero attached hydrogens (tertiary/aromatic N) is 1. The molecule has 1 aliphatic rings. The van der Waals surface area contributed by atoms with E-state index < -0.39 is 31.7 Å². The van der Waals surface area contributed by atoms with Gasteiger partial charge in [0.15, 0.2) is 0 Å². The molecule has 35 heavy (non-hydrogen) atoms. The Kier molecular flexibility index (Phi) is 9.25. The lowest BCUT2D eigenvalue weighted by Gasteiger charge is -2.27. The average molecular weight is 525 g/mol. The van der Waals surface area contributed by atoms with Gasteiger partial charge in [0.1, 0.15) is 12.6 Å². The fraction of sp³-hybridized carbons (Fsp3) is 0.318. The summed E-state index contributed by atoms with van der Waals surface area (Å²) in [6.45, 7) is 0.889. The summed E-state index contributed by atoms with van der Waals surface area (Å²) in [5.74, 6) is -0.792. The topological polar surface area (TPSA) is 135 Å². The third kappa shape index (κ3) is 7.51. The number of nitrogens with one attached hydrogen (secondary N) is 3. The van der Waals surface area contributed by atoms with Crippen LogP contribution in [0, 0.1) is 0 Å². The monoisotopic (exact) mass is 524 g/mol. The first-order valence-corrected chi connectivity index (χ1v) is 12.7. The van der Waals surface area contributed by atoms with E-state index >= 15 is 0 Å². The van der Waals surface area contributed by atoms with E-state index in [1.165, 1.54) is 14.2 Å². The first-order valence-electron chi connectivity index (χ1n) is 10.6. The number of morpholine rings is 1. The Hall–Kier alpha value is -2.95. The number of carbonyl (C=O) groups excluding carboxylic acids is 3. The van der Waals surface area contributed by atoms with Crippen LogP contribution in [0.5, 0.6) is 0 Å². The smallest absolute Gasteiger partial charge is 0.332 e. The zero-order valence-electron chi connectivity index (χ0n) is 19.2. The molecule has 0 unspecified atom stereocenters. The molecular formula is C22H26ClN4O7P. The third-order valence-corrected chi connectivity index (χ3v) is 7.30. The average Bonchev–Trinajstić information content (AvgIpc) is 2.86. The van der Waals surface area contributed by atoms with Crippen molar-refractivity contribution in [2.24, 2.45) is 0 Å². The number of halogens is 1. The van der Waals surface area contributed by atoms with Crippen LogP contribution in [0.4, 0.5) is 21.9 Å². The van der Waals surface area contributed by atoms with E-state index in [-0.39, 0.29) is 12.5 Å². The first-order chi connectivity index (χ1) is 16.7. The SMILES string of the molecule is COP(=O)(C[C@@H](NC(=O)Nc1ccc(Cl)cc1)C(=O)Nc1ccc(N2CCOCC2=O)cc1)OC. The molecule has 0 aliphatic carbocycles. The molecule has 1 fully saturated rings. The van der Waals surface area contributed by atoms with Gasteiger partial charge < -0.3 is 34.6 Å². The summed E-state index contributed by atoms with van der Waals surface area (Å²) in [6, 6.07) is 11.0. The molecule has 4 amide bonds. The van der Waals surface area contributed by atoms with Gasteiger partial charge >= 0.3 is 13.6 Å². The molecule has 0 bridgehead atoms. The van der Waals surface area contributed by atoms with E-state index in [0.29, 0.717) is 35.2 Å². The predicted octanol–water partition coefficient (Wildman–Crippen LogP) is 3.32. The van der Waals surface area contributed by atoms with Crippen molar-refractivity contribution < 1.29 is 32.7 Å². The molecule has 1 heterocycles. The van der Waals surface area contributed by atoms with Crippen LogP contribution in [0.15, 0.2) is 48.5 Å². The van der Waals surface area contributed by atoms with E-state index in [2.05, 4.69) is 16.0 Å². The summed E-state index contributed by atoms with van der Waals surface area (Å²) in [4.78, 5) is 39.1. The maximum Gasteiger partial charge on any atom is 0.332 e. The van der Waals surface area contributed by atoms with Gasteiger partial charge in [0.05, 0.1) is 12.8 Å². The van der Waals surface area contributed by atoms with E-state index in [0.717, 1.165) is 0 Å². The van der Waals surface area contributed by atoms with Gasteiger partial charge in [-0.3, -0.25) is 14.2 Å². The van der Waals surface area contributed by atoms with Crippen molar-refractivity contribution in [1.29, 1.82) is 0 Å². The summed E-state index contributed by atoms with van der Waals surface area (Å²) in [6.07, 6.45) is -0.403. The summed E-state index contributed by atoms with van der Waals surface area (Å²) in [5.41, 5.74) is 1.52. The molecule has 11 nitrogen and oxygen atoms in total. The molecule has 3 N–H and O–H groups in total. The number of carbonyl (C=O) groups is 3. The number of benzene rings is 2. The number of hydrogen-bond donors (Lipinski definition) is 3. The van der Waals surface area contributed by atoms with Crippen molar-refractivity contribution in [1.82, 2.24) is 5.32 Å². The highest BCUT2D eigenvalue weighted by Gasteiger charge is 2.32. The maximum atomic E-state index is 13.0. The van der Waals surface area contributed by atoms with Crippen LogP contribution >= 0.6 is 19.2 Å². The van der Waals surface area contributed by atoms with Crippen LogP contribution < -0.4 is 20.9 Å². The summed E-state index contributed by atoms with van der Waals surface area (Å²) < 4.78 is 27.7. The quantitative estimate of drug-likeness (QED) is 0.428. The van der Waals surface area contributed by atoms with Gasteiger partial charge in [-0.15, -0.1) is 0 Å². The van der Waals surface area contributed by atoms with Gasteiger partial charge in [0.2, 0.25) is 5.91 Å². The standard InChI is InChI=1S/C22H26ClN4O7P/c1-32-35(31,33-2)14-19(26-22(30)25-17-5-3-15(23)4-6-17)21(29)24-16-7-9-18(10-8-16)27-11-12-34-13-20(27)28/h3-10,19H,11-14H2,1-2H3,(H,24,29)(H2,25,26,30)/t19-/m1/s1. The molecule has 0 saturated carbocycles. The normalized spacial score (nSPS) is 14.8. The molecule has 13 heteroatoms. The minimum absolute atomic E-state index is 0.0168. The second kappa shape index (κ2) is 12.1. The second-order valence-electron chi connectivity index (χ2n) is 7.45. The molecule has 0 spiro atoms. The fourth-order valence-corrected chi connectivity index (χ4v) is 4.52. The Morgan fingerprint density at radius 1 is 1.06 bits per heavy atom. The van der Waals surface area contributed by atoms with Crippen LogP contribution in [-0.2, 0) is 27.9 Å². The summed E-state index contributed by atoms with van der Waals surface area (Å²) in [7, 11) is -1.26. The Bertz CT molecular complexity index is 1090. The van der Waals surface area contributed by atoms with E-state index in [1.807, 2.05) is 0 Å². The van der Waals surface area contributed by atoms with Crippen molar-refractivity contribution in [3.8, 4) is 0 Å². The van der Waals surface area contributed by atoms with E-state index in [4.69, 9.17) is 25.4 Å². The van der Waals surface area contributed by atoms with Crippen molar-refractivity contribution in [2.45, 2.75) is 6.04 Å². The predicted molar refractivity (Wildman–Crippen MR) is 132 cm³/mol. The van der Waals surface area contributed by atoms with E-state index in [1.54, 1.807) is 53.4 Å². The van der Waals surface area contributed by atoms with Crippen molar-refractivity contribution in [2.75, 3.05) is 55.7 Å². The molecule has 1 aliphatic heterocycles. The van der Waals surface area contributed by atoms with Crippen LogP contribution in [-0.4, -0.2) is 64.0 Å². The highest BCUT2D eigenvalue weighted by atomic mass is 35.5. The van der Waals surface area contributed by atoms with Crippen molar-refractivity contribution in [3.63, 3.8) is 0 Å².